The zero-order valence-electron chi connectivity index (χ0n) is 21.3. The molecule has 3 N–H and O–H groups in total. The molecule has 6 rings (SSSR count). The van der Waals surface area contributed by atoms with Gasteiger partial charge in [-0.05, 0) is 55.3 Å². The second-order valence-corrected chi connectivity index (χ2v) is 9.35. The van der Waals surface area contributed by atoms with Gasteiger partial charge in [0, 0.05) is 46.7 Å². The van der Waals surface area contributed by atoms with Crippen LogP contribution in [0.4, 0.5) is 15.8 Å². The lowest BCUT2D eigenvalue weighted by Gasteiger charge is -2.16. The minimum absolute atomic E-state index is 0.307. The van der Waals surface area contributed by atoms with Crippen molar-refractivity contribution in [2.45, 2.75) is 12.8 Å². The number of anilines is 2. The van der Waals surface area contributed by atoms with Crippen molar-refractivity contribution in [1.29, 1.82) is 0 Å². The summed E-state index contributed by atoms with van der Waals surface area (Å²) in [4.78, 5) is 34.5. The molecule has 3 heterocycles. The van der Waals surface area contributed by atoms with E-state index in [4.69, 9.17) is 9.47 Å². The largest absolute Gasteiger partial charge is 0.496 e. The minimum atomic E-state index is -1.17. The Kier molecular flexibility index (Phi) is 6.31. The molecule has 11 heteroatoms. The Morgan fingerprint density at radius 3 is 2.33 bits per heavy atom. The summed E-state index contributed by atoms with van der Waals surface area (Å²) in [7, 11) is 1.60. The third kappa shape index (κ3) is 4.80. The number of methoxy groups -OCH3 is 1. The average molecular weight is 539 g/mol. The van der Waals surface area contributed by atoms with Crippen molar-refractivity contribution in [3.05, 3.63) is 85.2 Å². The first-order valence-electron chi connectivity index (χ1n) is 12.4. The van der Waals surface area contributed by atoms with Crippen molar-refractivity contribution in [2.24, 2.45) is 5.41 Å². The molecule has 1 fully saturated rings. The number of rotatable bonds is 8. The van der Waals surface area contributed by atoms with Gasteiger partial charge in [0.15, 0.2) is 0 Å². The predicted molar refractivity (Wildman–Crippen MR) is 146 cm³/mol. The highest BCUT2D eigenvalue weighted by Crippen LogP contribution is 2.47. The number of hydrogen-bond donors (Lipinski definition) is 3. The summed E-state index contributed by atoms with van der Waals surface area (Å²) in [5.41, 5.74) is 2.03. The van der Waals surface area contributed by atoms with Crippen LogP contribution in [-0.2, 0) is 9.59 Å². The summed E-state index contributed by atoms with van der Waals surface area (Å²) in [5, 5.41) is 13.0. The molecular formula is C29H23FN6O4. The van der Waals surface area contributed by atoms with Gasteiger partial charge in [-0.25, -0.2) is 9.37 Å². The van der Waals surface area contributed by atoms with Crippen LogP contribution in [0.3, 0.4) is 0 Å². The van der Waals surface area contributed by atoms with Gasteiger partial charge in [0.25, 0.3) is 0 Å². The van der Waals surface area contributed by atoms with Crippen LogP contribution in [0.5, 0.6) is 17.4 Å². The van der Waals surface area contributed by atoms with Crippen LogP contribution >= 0.6 is 0 Å². The zero-order chi connectivity index (χ0) is 27.7. The Balaban J connectivity index is 1.17. The average Bonchev–Trinajstić information content (AvgIpc) is 3.62. The topological polar surface area (TPSA) is 131 Å². The van der Waals surface area contributed by atoms with Gasteiger partial charge in [-0.3, -0.25) is 19.7 Å². The Hall–Kier alpha value is -5.32. The fourth-order valence-electron chi connectivity index (χ4n) is 4.37. The second kappa shape index (κ2) is 10.1. The number of amides is 2. The van der Waals surface area contributed by atoms with E-state index in [0.717, 1.165) is 16.5 Å². The lowest BCUT2D eigenvalue weighted by molar-refractivity contribution is -0.131. The molecule has 0 bridgehead atoms. The zero-order valence-corrected chi connectivity index (χ0v) is 21.3. The maximum absolute atomic E-state index is 13.2. The fraction of sp³-hybridized carbons (Fsp3) is 0.138. The smallest absolute Gasteiger partial charge is 0.240 e. The molecule has 10 nitrogen and oxygen atoms in total. The molecule has 2 aromatic carbocycles. The van der Waals surface area contributed by atoms with Crippen molar-refractivity contribution >= 4 is 34.1 Å². The van der Waals surface area contributed by atoms with Crippen molar-refractivity contribution < 1.29 is 23.5 Å². The Morgan fingerprint density at radius 1 is 0.925 bits per heavy atom. The Labute approximate surface area is 227 Å². The molecule has 0 saturated heterocycles. The number of H-pyrrole nitrogens is 1. The number of hydrogen-bond acceptors (Lipinski definition) is 7. The number of carbonyl (C=O) groups is 2. The van der Waals surface area contributed by atoms with Crippen LogP contribution in [0.2, 0.25) is 0 Å². The molecule has 5 aromatic rings. The van der Waals surface area contributed by atoms with Gasteiger partial charge in [-0.2, -0.15) is 5.10 Å². The van der Waals surface area contributed by atoms with E-state index in [1.54, 1.807) is 43.9 Å². The highest BCUT2D eigenvalue weighted by molar-refractivity contribution is 6.16. The van der Waals surface area contributed by atoms with Gasteiger partial charge >= 0.3 is 0 Å². The van der Waals surface area contributed by atoms with Gasteiger partial charge in [0.2, 0.25) is 17.7 Å². The van der Waals surface area contributed by atoms with Gasteiger partial charge in [0.1, 0.15) is 22.7 Å². The van der Waals surface area contributed by atoms with E-state index in [1.807, 2.05) is 12.1 Å². The molecule has 1 saturated carbocycles. The van der Waals surface area contributed by atoms with Crippen LogP contribution < -0.4 is 20.1 Å². The minimum Gasteiger partial charge on any atom is -0.496 e. The lowest BCUT2D eigenvalue weighted by atomic mass is 10.0. The molecule has 1 aliphatic rings. The van der Waals surface area contributed by atoms with E-state index < -0.39 is 23.0 Å². The number of aromatic nitrogens is 4. The van der Waals surface area contributed by atoms with Crippen molar-refractivity contribution in [1.82, 2.24) is 20.2 Å². The number of fused-ring (bicyclic) bond motifs is 1. The molecule has 0 unspecified atom stereocenters. The first-order chi connectivity index (χ1) is 19.4. The molecule has 200 valence electrons. The van der Waals surface area contributed by atoms with Crippen LogP contribution in [0.15, 0.2) is 79.4 Å². The number of carbonyl (C=O) groups excluding carboxylic acids is 2. The molecule has 0 radical (unpaired) electrons. The lowest BCUT2D eigenvalue weighted by Crippen LogP contribution is -2.35. The van der Waals surface area contributed by atoms with Crippen molar-refractivity contribution in [2.75, 3.05) is 17.7 Å². The molecule has 0 spiro atoms. The van der Waals surface area contributed by atoms with E-state index in [-0.39, 0.29) is 0 Å². The summed E-state index contributed by atoms with van der Waals surface area (Å²) in [6.45, 7) is 0. The maximum atomic E-state index is 13.2. The third-order valence-electron chi connectivity index (χ3n) is 6.76. The summed E-state index contributed by atoms with van der Waals surface area (Å²) >= 11 is 0. The standard InChI is InChI=1S/C29H23FN6O4/c1-39-25-13-23-22(12-21(25)17-14-33-34-15-17)24(8-11-31-23)40-26-7-6-20(16-32-26)36-28(38)29(9-10-29)27(37)35-19-4-2-18(30)3-5-19/h2-8,11-16H,9-10H2,1H3,(H,33,34)(H,35,37)(H,36,38). The van der Waals surface area contributed by atoms with E-state index in [2.05, 4.69) is 30.8 Å². The monoisotopic (exact) mass is 538 g/mol. The van der Waals surface area contributed by atoms with E-state index in [1.165, 1.54) is 30.5 Å². The Morgan fingerprint density at radius 2 is 1.68 bits per heavy atom. The highest BCUT2D eigenvalue weighted by Gasteiger charge is 2.56. The molecule has 40 heavy (non-hydrogen) atoms. The maximum Gasteiger partial charge on any atom is 0.240 e. The van der Waals surface area contributed by atoms with Crippen molar-refractivity contribution in [3.8, 4) is 28.5 Å². The van der Waals surface area contributed by atoms with E-state index >= 15 is 0 Å². The second-order valence-electron chi connectivity index (χ2n) is 9.35. The first kappa shape index (κ1) is 25.0. The normalized spacial score (nSPS) is 13.4. The summed E-state index contributed by atoms with van der Waals surface area (Å²) in [5.74, 6) is 0.228. The number of halogens is 1. The number of ether oxygens (including phenoxy) is 2. The summed E-state index contributed by atoms with van der Waals surface area (Å²) < 4.78 is 24.8. The number of aromatic amines is 1. The van der Waals surface area contributed by atoms with Crippen LogP contribution in [0.1, 0.15) is 12.8 Å². The highest BCUT2D eigenvalue weighted by atomic mass is 19.1. The molecular weight excluding hydrogens is 515 g/mol. The summed E-state index contributed by atoms with van der Waals surface area (Å²) in [6, 6.07) is 14.1. The molecule has 2 amide bonds. The van der Waals surface area contributed by atoms with Crippen LogP contribution in [-0.4, -0.2) is 39.1 Å². The molecule has 1 aliphatic carbocycles. The van der Waals surface area contributed by atoms with Gasteiger partial charge in [-0.1, -0.05) is 0 Å². The van der Waals surface area contributed by atoms with Crippen LogP contribution in [0, 0.1) is 11.2 Å². The molecule has 3 aromatic heterocycles. The quantitative estimate of drug-likeness (QED) is 0.228. The molecule has 0 aliphatic heterocycles. The first-order valence-corrected chi connectivity index (χ1v) is 12.4. The third-order valence-corrected chi connectivity index (χ3v) is 6.76. The van der Waals surface area contributed by atoms with Gasteiger partial charge in [0.05, 0.1) is 30.7 Å². The number of benzene rings is 2. The fourth-order valence-corrected chi connectivity index (χ4v) is 4.37. The Bertz CT molecular complexity index is 1700. The van der Waals surface area contributed by atoms with Gasteiger partial charge < -0.3 is 20.1 Å². The SMILES string of the molecule is COc1cc2nccc(Oc3ccc(NC(=O)C4(C(=O)Nc5ccc(F)cc5)CC4)cn3)c2cc1-c1cn[nH]c1. The number of nitrogens with zero attached hydrogens (tertiary/aromatic N) is 3. The van der Waals surface area contributed by atoms with E-state index in [0.29, 0.717) is 47.1 Å². The summed E-state index contributed by atoms with van der Waals surface area (Å²) in [6.07, 6.45) is 7.41. The predicted octanol–water partition coefficient (Wildman–Crippen LogP) is 5.32. The van der Waals surface area contributed by atoms with Crippen LogP contribution in [0.25, 0.3) is 22.0 Å². The van der Waals surface area contributed by atoms with Gasteiger partial charge in [-0.15, -0.1) is 0 Å². The number of nitrogens with one attached hydrogen (secondary N) is 3. The molecule has 0 atom stereocenters. The van der Waals surface area contributed by atoms with E-state index in [9.17, 15) is 14.0 Å². The van der Waals surface area contributed by atoms with Crippen molar-refractivity contribution in [3.63, 3.8) is 0 Å². The number of pyridine rings is 2.